The van der Waals surface area contributed by atoms with E-state index in [9.17, 15) is 14.4 Å². The van der Waals surface area contributed by atoms with E-state index >= 15 is 0 Å². The molecular formula is C22H20N4O3S. The van der Waals surface area contributed by atoms with Crippen LogP contribution >= 0.6 is 11.3 Å². The van der Waals surface area contributed by atoms with E-state index in [2.05, 4.69) is 10.3 Å². The molecule has 0 aliphatic heterocycles. The van der Waals surface area contributed by atoms with Gasteiger partial charge in [-0.25, -0.2) is 4.98 Å². The summed E-state index contributed by atoms with van der Waals surface area (Å²) in [5.74, 6) is -1.01. The fourth-order valence-electron chi connectivity index (χ4n) is 2.82. The molecule has 0 bridgehead atoms. The molecule has 0 aliphatic rings. The van der Waals surface area contributed by atoms with Crippen LogP contribution in [0.15, 0.2) is 60.0 Å². The number of rotatable bonds is 6. The minimum Gasteiger partial charge on any atom is -0.366 e. The highest BCUT2D eigenvalue weighted by molar-refractivity contribution is 7.14. The Kier molecular flexibility index (Phi) is 6.38. The lowest BCUT2D eigenvalue weighted by atomic mass is 10.1. The molecule has 30 heavy (non-hydrogen) atoms. The fraction of sp³-hybridized carbons (Fsp3) is 0.0909. The number of anilines is 3. The van der Waals surface area contributed by atoms with E-state index < -0.39 is 5.91 Å². The summed E-state index contributed by atoms with van der Waals surface area (Å²) in [6.45, 7) is 3.22. The first-order valence-corrected chi connectivity index (χ1v) is 9.94. The number of aromatic nitrogens is 1. The van der Waals surface area contributed by atoms with Crippen molar-refractivity contribution >= 4 is 51.6 Å². The van der Waals surface area contributed by atoms with Gasteiger partial charge in [0.25, 0.3) is 0 Å². The molecule has 3 aromatic rings. The molecule has 0 fully saturated rings. The first kappa shape index (κ1) is 20.9. The topological polar surface area (TPSA) is 105 Å². The number of para-hydroxylation sites is 1. The Balaban J connectivity index is 1.70. The lowest BCUT2D eigenvalue weighted by Crippen LogP contribution is -2.22. The van der Waals surface area contributed by atoms with Crippen molar-refractivity contribution in [2.24, 2.45) is 5.73 Å². The number of benzene rings is 2. The standard InChI is InChI=1S/C22H20N4O3S/c1-14-12-16(8-10-19(14)21(23)29)24-20(28)11-9-17-13-30-22(25-17)26(15(2)27)18-6-4-3-5-7-18/h3-13H,1-2H3,(H2,23,29)(H,24,28)/b11-9+. The zero-order valence-corrected chi connectivity index (χ0v) is 17.3. The predicted molar refractivity (Wildman–Crippen MR) is 119 cm³/mol. The number of carbonyl (C=O) groups excluding carboxylic acids is 3. The van der Waals surface area contributed by atoms with Gasteiger partial charge in [-0.2, -0.15) is 0 Å². The number of aryl methyl sites for hydroxylation is 1. The molecule has 3 N–H and O–H groups in total. The number of thiazole rings is 1. The van der Waals surface area contributed by atoms with Gasteiger partial charge in [0.2, 0.25) is 17.7 Å². The Morgan fingerprint density at radius 3 is 2.50 bits per heavy atom. The van der Waals surface area contributed by atoms with Crippen LogP contribution in [0.1, 0.15) is 28.5 Å². The minimum atomic E-state index is -0.514. The highest BCUT2D eigenvalue weighted by Gasteiger charge is 2.17. The Morgan fingerprint density at radius 2 is 1.87 bits per heavy atom. The molecule has 0 saturated carbocycles. The summed E-state index contributed by atoms with van der Waals surface area (Å²) in [5, 5.41) is 5.01. The maximum Gasteiger partial charge on any atom is 0.248 e. The van der Waals surface area contributed by atoms with E-state index in [1.807, 2.05) is 30.3 Å². The largest absolute Gasteiger partial charge is 0.366 e. The first-order chi connectivity index (χ1) is 14.3. The first-order valence-electron chi connectivity index (χ1n) is 9.06. The molecule has 1 heterocycles. The molecule has 0 unspecified atom stereocenters. The number of amides is 3. The molecule has 3 rings (SSSR count). The average molecular weight is 420 g/mol. The van der Waals surface area contributed by atoms with Crippen LogP contribution in [0.3, 0.4) is 0 Å². The monoisotopic (exact) mass is 420 g/mol. The lowest BCUT2D eigenvalue weighted by Gasteiger charge is -2.17. The second kappa shape index (κ2) is 9.15. The van der Waals surface area contributed by atoms with Gasteiger partial charge >= 0.3 is 0 Å². The molecule has 152 valence electrons. The van der Waals surface area contributed by atoms with Gasteiger partial charge < -0.3 is 11.1 Å². The number of nitrogens with one attached hydrogen (secondary N) is 1. The van der Waals surface area contributed by atoms with E-state index in [1.165, 1.54) is 29.2 Å². The number of nitrogens with zero attached hydrogens (tertiary/aromatic N) is 2. The van der Waals surface area contributed by atoms with Gasteiger partial charge in [0.1, 0.15) is 0 Å². The normalized spacial score (nSPS) is 10.7. The lowest BCUT2D eigenvalue weighted by molar-refractivity contribution is -0.116. The Hall–Kier alpha value is -3.78. The van der Waals surface area contributed by atoms with Crippen LogP contribution in [0, 0.1) is 6.92 Å². The number of hydrogen-bond acceptors (Lipinski definition) is 5. The third kappa shape index (κ3) is 4.98. The van der Waals surface area contributed by atoms with Gasteiger partial charge in [0, 0.05) is 29.6 Å². The molecule has 0 spiro atoms. The molecule has 0 radical (unpaired) electrons. The molecule has 0 saturated heterocycles. The second-order valence-corrected chi connectivity index (χ2v) is 7.30. The van der Waals surface area contributed by atoms with Gasteiger partial charge in [-0.1, -0.05) is 18.2 Å². The van der Waals surface area contributed by atoms with E-state index in [-0.39, 0.29) is 11.8 Å². The van der Waals surface area contributed by atoms with Crippen molar-refractivity contribution in [3.05, 3.63) is 76.8 Å². The van der Waals surface area contributed by atoms with Crippen molar-refractivity contribution < 1.29 is 14.4 Å². The average Bonchev–Trinajstić information content (AvgIpc) is 3.15. The zero-order valence-electron chi connectivity index (χ0n) is 16.5. The zero-order chi connectivity index (χ0) is 21.7. The highest BCUT2D eigenvalue weighted by atomic mass is 32.1. The molecule has 0 atom stereocenters. The third-order valence-electron chi connectivity index (χ3n) is 4.20. The Labute approximate surface area is 177 Å². The SMILES string of the molecule is CC(=O)N(c1ccccc1)c1nc(/C=C/C(=O)Nc2ccc(C(N)=O)c(C)c2)cs1. The molecular weight excluding hydrogens is 400 g/mol. The van der Waals surface area contributed by atoms with E-state index in [4.69, 9.17) is 5.73 Å². The van der Waals surface area contributed by atoms with Gasteiger partial charge in [-0.3, -0.25) is 19.3 Å². The summed E-state index contributed by atoms with van der Waals surface area (Å²) in [6, 6.07) is 14.1. The quantitative estimate of drug-likeness (QED) is 0.590. The third-order valence-corrected chi connectivity index (χ3v) is 5.04. The number of primary amides is 1. The summed E-state index contributed by atoms with van der Waals surface area (Å²) < 4.78 is 0. The Bertz CT molecular complexity index is 1120. The maximum atomic E-state index is 12.2. The molecule has 8 heteroatoms. The van der Waals surface area contributed by atoms with Crippen molar-refractivity contribution in [2.45, 2.75) is 13.8 Å². The number of carbonyl (C=O) groups is 3. The van der Waals surface area contributed by atoms with Crippen molar-refractivity contribution in [1.82, 2.24) is 4.98 Å². The summed E-state index contributed by atoms with van der Waals surface area (Å²) >= 11 is 1.31. The van der Waals surface area contributed by atoms with Gasteiger partial charge in [0.05, 0.1) is 11.4 Å². The minimum absolute atomic E-state index is 0.154. The van der Waals surface area contributed by atoms with Crippen LogP contribution in [0.25, 0.3) is 6.08 Å². The van der Waals surface area contributed by atoms with Crippen molar-refractivity contribution in [1.29, 1.82) is 0 Å². The second-order valence-electron chi connectivity index (χ2n) is 6.46. The van der Waals surface area contributed by atoms with Gasteiger partial charge in [0.15, 0.2) is 5.13 Å². The number of hydrogen-bond donors (Lipinski definition) is 2. The van der Waals surface area contributed by atoms with Crippen LogP contribution in [-0.4, -0.2) is 22.7 Å². The Morgan fingerprint density at radius 1 is 1.13 bits per heavy atom. The number of nitrogens with two attached hydrogens (primary N) is 1. The van der Waals surface area contributed by atoms with Crippen LogP contribution < -0.4 is 16.0 Å². The molecule has 7 nitrogen and oxygen atoms in total. The van der Waals surface area contributed by atoms with Crippen LogP contribution in [0.4, 0.5) is 16.5 Å². The molecule has 3 amide bonds. The molecule has 0 aliphatic carbocycles. The van der Waals surface area contributed by atoms with E-state index in [1.54, 1.807) is 36.6 Å². The van der Waals surface area contributed by atoms with Gasteiger partial charge in [-0.05, 0) is 48.9 Å². The van der Waals surface area contributed by atoms with E-state index in [0.29, 0.717) is 27.6 Å². The van der Waals surface area contributed by atoms with Crippen LogP contribution in [-0.2, 0) is 9.59 Å². The maximum absolute atomic E-state index is 12.2. The van der Waals surface area contributed by atoms with Crippen LogP contribution in [0.5, 0.6) is 0 Å². The smallest absolute Gasteiger partial charge is 0.248 e. The van der Waals surface area contributed by atoms with Gasteiger partial charge in [-0.15, -0.1) is 11.3 Å². The summed E-state index contributed by atoms with van der Waals surface area (Å²) in [4.78, 5) is 41.6. The van der Waals surface area contributed by atoms with Crippen molar-refractivity contribution in [2.75, 3.05) is 10.2 Å². The van der Waals surface area contributed by atoms with Crippen LogP contribution in [0.2, 0.25) is 0 Å². The highest BCUT2D eigenvalue weighted by Crippen LogP contribution is 2.29. The molecule has 2 aromatic carbocycles. The molecule has 1 aromatic heterocycles. The van der Waals surface area contributed by atoms with Crippen molar-refractivity contribution in [3.8, 4) is 0 Å². The summed E-state index contributed by atoms with van der Waals surface area (Å²) in [7, 11) is 0. The van der Waals surface area contributed by atoms with E-state index in [0.717, 1.165) is 5.69 Å². The fourth-order valence-corrected chi connectivity index (χ4v) is 3.68. The van der Waals surface area contributed by atoms with Crippen molar-refractivity contribution in [3.63, 3.8) is 0 Å². The summed E-state index contributed by atoms with van der Waals surface area (Å²) in [6.07, 6.45) is 2.93. The summed E-state index contributed by atoms with van der Waals surface area (Å²) in [5.41, 5.74) is 8.22. The predicted octanol–water partition coefficient (Wildman–Crippen LogP) is 3.89.